The zero-order chi connectivity index (χ0) is 30.2. The minimum Gasteiger partial charge on any atom is -0.494 e. The number of carbonyl (C=O) groups is 1. The van der Waals surface area contributed by atoms with Gasteiger partial charge in [0.05, 0.1) is 6.61 Å². The number of carbonyl (C=O) groups excluding carboxylic acids is 1. The van der Waals surface area contributed by atoms with Gasteiger partial charge in [-0.15, -0.1) is 0 Å². The summed E-state index contributed by atoms with van der Waals surface area (Å²) in [5.41, 5.74) is 3.75. The van der Waals surface area contributed by atoms with Crippen LogP contribution in [0, 0.1) is 5.92 Å². The predicted octanol–water partition coefficient (Wildman–Crippen LogP) is 7.00. The second-order valence-electron chi connectivity index (χ2n) is 11.4. The van der Waals surface area contributed by atoms with Crippen LogP contribution in [0.1, 0.15) is 48.5 Å². The monoisotopic (exact) mass is 586 g/mol. The number of nitrogens with one attached hydrogen (secondary N) is 1. The fraction of sp³-hybridized carbons (Fsp3) is 0.263. The molecule has 2 atom stereocenters. The molecule has 0 aromatic heterocycles. The lowest BCUT2D eigenvalue weighted by Gasteiger charge is -2.30. The van der Waals surface area contributed by atoms with Gasteiger partial charge in [-0.2, -0.15) is 0 Å². The van der Waals surface area contributed by atoms with Crippen molar-refractivity contribution in [2.24, 2.45) is 10.9 Å². The third kappa shape index (κ3) is 6.92. The van der Waals surface area contributed by atoms with Crippen molar-refractivity contribution in [3.63, 3.8) is 0 Å². The molecule has 1 aliphatic carbocycles. The van der Waals surface area contributed by atoms with Crippen LogP contribution in [0.2, 0.25) is 0 Å². The van der Waals surface area contributed by atoms with E-state index in [1.54, 1.807) is 0 Å². The largest absolute Gasteiger partial charge is 0.494 e. The normalized spacial score (nSPS) is 19.4. The summed E-state index contributed by atoms with van der Waals surface area (Å²) in [4.78, 5) is 19.3. The number of aliphatic imine (C=N–C) groups is 1. The average molecular weight is 587 g/mol. The number of hydrogen-bond donors (Lipinski definition) is 2. The van der Waals surface area contributed by atoms with Gasteiger partial charge in [-0.25, -0.2) is 4.99 Å². The lowest BCUT2D eigenvalue weighted by Crippen LogP contribution is -2.48. The highest BCUT2D eigenvalue weighted by Crippen LogP contribution is 2.43. The van der Waals surface area contributed by atoms with Crippen molar-refractivity contribution in [2.45, 2.75) is 37.3 Å². The van der Waals surface area contributed by atoms with Crippen LogP contribution in [0.15, 0.2) is 120 Å². The van der Waals surface area contributed by atoms with Gasteiger partial charge >= 0.3 is 0 Å². The molecule has 0 saturated heterocycles. The summed E-state index contributed by atoms with van der Waals surface area (Å²) in [5, 5.41) is 12.3. The standard InChI is InChI=1S/C38H38N2O4/c41-25-8-26-43-34-22-20-33(21-23-34)36-40-38(37(42)39-27-29-14-15-29,24-7-11-28-9-3-1-4-10-28)35(44-36)32-18-16-31(17-19-32)30-12-5-2-6-13-30/h1-7,9-13,16-23,29,35,41H,8,14-15,24-27H2,(H,39,42)/b11-7+/t35-,38-/m1/s1. The van der Waals surface area contributed by atoms with E-state index >= 15 is 0 Å². The van der Waals surface area contributed by atoms with E-state index in [-0.39, 0.29) is 12.5 Å². The molecule has 6 heteroatoms. The van der Waals surface area contributed by atoms with Gasteiger partial charge in [0.25, 0.3) is 5.91 Å². The molecule has 224 valence electrons. The van der Waals surface area contributed by atoms with Gasteiger partial charge in [0.2, 0.25) is 5.90 Å². The first kappa shape index (κ1) is 29.4. The Bertz CT molecular complexity index is 1580. The van der Waals surface area contributed by atoms with E-state index in [1.165, 1.54) is 0 Å². The van der Waals surface area contributed by atoms with Crippen molar-refractivity contribution in [1.82, 2.24) is 5.32 Å². The highest BCUT2D eigenvalue weighted by atomic mass is 16.5. The first-order valence-electron chi connectivity index (χ1n) is 15.4. The van der Waals surface area contributed by atoms with E-state index in [2.05, 4.69) is 29.6 Å². The number of ether oxygens (including phenoxy) is 2. The zero-order valence-corrected chi connectivity index (χ0v) is 24.8. The van der Waals surface area contributed by atoms with E-state index in [9.17, 15) is 4.79 Å². The Morgan fingerprint density at radius 2 is 1.55 bits per heavy atom. The molecule has 0 spiro atoms. The maximum Gasteiger partial charge on any atom is 0.252 e. The Kier molecular flexibility index (Phi) is 9.18. The molecular weight excluding hydrogens is 548 g/mol. The van der Waals surface area contributed by atoms with Gasteiger partial charge in [0.15, 0.2) is 11.6 Å². The molecule has 4 aromatic carbocycles. The summed E-state index contributed by atoms with van der Waals surface area (Å²) in [6.45, 7) is 1.17. The van der Waals surface area contributed by atoms with E-state index in [1.807, 2.05) is 97.1 Å². The van der Waals surface area contributed by atoms with Crippen LogP contribution in [-0.2, 0) is 9.53 Å². The van der Waals surface area contributed by atoms with Crippen LogP contribution in [-0.4, -0.2) is 42.2 Å². The summed E-state index contributed by atoms with van der Waals surface area (Å²) >= 11 is 0. The SMILES string of the molecule is O=C(NCC1CC1)[C@]1(C/C=C/c2ccccc2)N=C(c2ccc(OCCCO)cc2)O[C@@H]1c1ccc(-c2ccccc2)cc1. The molecule has 1 aliphatic heterocycles. The Labute approximate surface area is 259 Å². The van der Waals surface area contributed by atoms with Crippen molar-refractivity contribution >= 4 is 17.9 Å². The Morgan fingerprint density at radius 3 is 2.23 bits per heavy atom. The lowest BCUT2D eigenvalue weighted by molar-refractivity contribution is -0.128. The van der Waals surface area contributed by atoms with Crippen LogP contribution < -0.4 is 10.1 Å². The Morgan fingerprint density at radius 1 is 0.886 bits per heavy atom. The van der Waals surface area contributed by atoms with Crippen LogP contribution in [0.5, 0.6) is 5.75 Å². The fourth-order valence-corrected chi connectivity index (χ4v) is 5.45. The molecule has 6 rings (SSSR count). The Hall–Kier alpha value is -4.68. The molecule has 1 saturated carbocycles. The van der Waals surface area contributed by atoms with Crippen molar-refractivity contribution in [3.05, 3.63) is 132 Å². The van der Waals surface area contributed by atoms with Crippen LogP contribution >= 0.6 is 0 Å². The summed E-state index contributed by atoms with van der Waals surface area (Å²) in [5.74, 6) is 1.54. The molecule has 0 unspecified atom stereocenters. The third-order valence-corrected chi connectivity index (χ3v) is 8.14. The average Bonchev–Trinajstić information content (AvgIpc) is 3.83. The van der Waals surface area contributed by atoms with E-state index in [0.29, 0.717) is 43.6 Å². The summed E-state index contributed by atoms with van der Waals surface area (Å²) in [6, 6.07) is 36.1. The minimum atomic E-state index is -1.19. The number of amides is 1. The second kappa shape index (κ2) is 13.7. The summed E-state index contributed by atoms with van der Waals surface area (Å²) in [6.07, 6.45) is 6.67. The number of aliphatic hydroxyl groups excluding tert-OH is 1. The van der Waals surface area contributed by atoms with Gasteiger partial charge in [-0.3, -0.25) is 4.79 Å². The first-order valence-corrected chi connectivity index (χ1v) is 15.4. The van der Waals surface area contributed by atoms with E-state index in [0.717, 1.165) is 40.7 Å². The molecule has 2 N–H and O–H groups in total. The molecule has 4 aromatic rings. The van der Waals surface area contributed by atoms with Crippen molar-refractivity contribution < 1.29 is 19.4 Å². The molecule has 44 heavy (non-hydrogen) atoms. The van der Waals surface area contributed by atoms with Crippen molar-refractivity contribution in [3.8, 4) is 16.9 Å². The molecule has 1 fully saturated rings. The number of aliphatic hydroxyl groups is 1. The molecule has 1 amide bonds. The number of hydrogen-bond acceptors (Lipinski definition) is 5. The molecule has 6 nitrogen and oxygen atoms in total. The highest BCUT2D eigenvalue weighted by molar-refractivity contribution is 6.01. The van der Waals surface area contributed by atoms with Gasteiger partial charge in [0, 0.05) is 31.6 Å². The Balaban J connectivity index is 1.36. The van der Waals surface area contributed by atoms with Crippen molar-refractivity contribution in [2.75, 3.05) is 19.8 Å². The fourth-order valence-electron chi connectivity index (χ4n) is 5.45. The highest BCUT2D eigenvalue weighted by Gasteiger charge is 2.52. The number of nitrogens with zero attached hydrogens (tertiary/aromatic N) is 1. The second-order valence-corrected chi connectivity index (χ2v) is 11.4. The third-order valence-electron chi connectivity index (χ3n) is 8.14. The summed E-state index contributed by atoms with van der Waals surface area (Å²) < 4.78 is 12.4. The van der Waals surface area contributed by atoms with E-state index < -0.39 is 11.6 Å². The molecule has 1 heterocycles. The quantitative estimate of drug-likeness (QED) is 0.165. The van der Waals surface area contributed by atoms with E-state index in [4.69, 9.17) is 19.6 Å². The zero-order valence-electron chi connectivity index (χ0n) is 24.8. The molecule has 2 aliphatic rings. The molecule has 0 radical (unpaired) electrons. The van der Waals surface area contributed by atoms with Crippen LogP contribution in [0.25, 0.3) is 17.2 Å². The topological polar surface area (TPSA) is 80.2 Å². The number of rotatable bonds is 13. The maximum absolute atomic E-state index is 14.2. The summed E-state index contributed by atoms with van der Waals surface area (Å²) in [7, 11) is 0. The predicted molar refractivity (Wildman–Crippen MR) is 174 cm³/mol. The minimum absolute atomic E-state index is 0.0834. The van der Waals surface area contributed by atoms with Crippen molar-refractivity contribution in [1.29, 1.82) is 0 Å². The van der Waals surface area contributed by atoms with Gasteiger partial charge in [0.1, 0.15) is 5.75 Å². The maximum atomic E-state index is 14.2. The van der Waals surface area contributed by atoms with Crippen LogP contribution in [0.3, 0.4) is 0 Å². The lowest BCUT2D eigenvalue weighted by atomic mass is 9.83. The van der Waals surface area contributed by atoms with Gasteiger partial charge < -0.3 is 19.9 Å². The van der Waals surface area contributed by atoms with Crippen LogP contribution in [0.4, 0.5) is 0 Å². The molecule has 0 bridgehead atoms. The van der Waals surface area contributed by atoms with Gasteiger partial charge in [-0.1, -0.05) is 97.1 Å². The number of benzene rings is 4. The van der Waals surface area contributed by atoms with Gasteiger partial charge in [-0.05, 0) is 65.3 Å². The molecular formula is C38H38N2O4. The smallest absolute Gasteiger partial charge is 0.252 e. The first-order chi connectivity index (χ1) is 21.6.